The van der Waals surface area contributed by atoms with Crippen LogP contribution in [0.25, 0.3) is 0 Å². The van der Waals surface area contributed by atoms with Gasteiger partial charge in [-0.05, 0) is 32.4 Å². The van der Waals surface area contributed by atoms with Crippen molar-refractivity contribution in [3.05, 3.63) is 34.4 Å². The monoisotopic (exact) mass is 426 g/mol. The fourth-order valence-corrected chi connectivity index (χ4v) is 5.18. The highest BCUT2D eigenvalue weighted by molar-refractivity contribution is 7.07. The number of pyridine rings is 1. The molecule has 5 heterocycles. The molecule has 9 heteroatoms. The molecule has 2 saturated heterocycles. The lowest BCUT2D eigenvalue weighted by atomic mass is 9.97. The van der Waals surface area contributed by atoms with Crippen LogP contribution in [0.2, 0.25) is 0 Å². The molecule has 0 aromatic carbocycles. The fraction of sp³-hybridized carbons (Fsp3) is 0.524. The quantitative estimate of drug-likeness (QED) is 0.807. The molecule has 2 amide bonds. The van der Waals surface area contributed by atoms with Crippen LogP contribution in [0.5, 0.6) is 0 Å². The predicted octanol–water partition coefficient (Wildman–Crippen LogP) is 2.20. The van der Waals surface area contributed by atoms with Gasteiger partial charge < -0.3 is 15.1 Å². The second-order valence-corrected chi connectivity index (χ2v) is 9.07. The molecule has 2 fully saturated rings. The molecule has 2 aromatic rings. The molecule has 2 aromatic heterocycles. The lowest BCUT2D eigenvalue weighted by Gasteiger charge is -2.49. The SMILES string of the molecule is CC1CCCCN1C1CN(C(=O)c2cnc3c(c2)N(Cc2cscn2)C(=O)CN3)C1. The second kappa shape index (κ2) is 7.96. The van der Waals surface area contributed by atoms with E-state index in [-0.39, 0.29) is 18.4 Å². The number of hydrogen-bond donors (Lipinski definition) is 1. The molecule has 30 heavy (non-hydrogen) atoms. The molecule has 0 saturated carbocycles. The van der Waals surface area contributed by atoms with Gasteiger partial charge in [0.1, 0.15) is 0 Å². The molecule has 8 nitrogen and oxygen atoms in total. The van der Waals surface area contributed by atoms with E-state index in [4.69, 9.17) is 0 Å². The number of carbonyl (C=O) groups excluding carboxylic acids is 2. The summed E-state index contributed by atoms with van der Waals surface area (Å²) in [7, 11) is 0. The summed E-state index contributed by atoms with van der Waals surface area (Å²) in [5.41, 5.74) is 3.76. The molecular formula is C21H26N6O2S. The number of amides is 2. The molecule has 1 atom stereocenters. The Hall–Kier alpha value is -2.52. The molecule has 3 aliphatic rings. The summed E-state index contributed by atoms with van der Waals surface area (Å²) in [6.45, 7) is 5.53. The molecule has 0 radical (unpaired) electrons. The van der Waals surface area contributed by atoms with Gasteiger partial charge in [-0.2, -0.15) is 0 Å². The van der Waals surface area contributed by atoms with E-state index in [2.05, 4.69) is 27.1 Å². The number of nitrogens with one attached hydrogen (secondary N) is 1. The highest BCUT2D eigenvalue weighted by Crippen LogP contribution is 2.31. The van der Waals surface area contributed by atoms with Crippen LogP contribution in [-0.4, -0.2) is 69.8 Å². The number of anilines is 2. The number of hydrogen-bond acceptors (Lipinski definition) is 7. The number of fused-ring (bicyclic) bond motifs is 1. The van der Waals surface area contributed by atoms with Crippen LogP contribution >= 0.6 is 11.3 Å². The summed E-state index contributed by atoms with van der Waals surface area (Å²) in [4.78, 5) is 40.4. The molecule has 158 valence electrons. The summed E-state index contributed by atoms with van der Waals surface area (Å²) >= 11 is 1.50. The summed E-state index contributed by atoms with van der Waals surface area (Å²) in [6.07, 6.45) is 5.41. The van der Waals surface area contributed by atoms with E-state index < -0.39 is 0 Å². The van der Waals surface area contributed by atoms with E-state index in [0.717, 1.165) is 25.3 Å². The van der Waals surface area contributed by atoms with Gasteiger partial charge in [0.05, 0.1) is 35.5 Å². The van der Waals surface area contributed by atoms with Crippen molar-refractivity contribution >= 4 is 34.7 Å². The van der Waals surface area contributed by atoms with Crippen LogP contribution in [0.3, 0.4) is 0 Å². The Morgan fingerprint density at radius 1 is 1.30 bits per heavy atom. The van der Waals surface area contributed by atoms with Crippen molar-refractivity contribution in [2.24, 2.45) is 0 Å². The van der Waals surface area contributed by atoms with E-state index in [1.54, 1.807) is 22.7 Å². The summed E-state index contributed by atoms with van der Waals surface area (Å²) in [5, 5.41) is 4.98. The molecule has 0 spiro atoms. The first-order valence-corrected chi connectivity index (χ1v) is 11.5. The third-order valence-corrected chi connectivity index (χ3v) is 7.03. The molecule has 1 N–H and O–H groups in total. The minimum Gasteiger partial charge on any atom is -0.359 e. The van der Waals surface area contributed by atoms with Crippen LogP contribution in [0.1, 0.15) is 42.2 Å². The van der Waals surface area contributed by atoms with Crippen molar-refractivity contribution < 1.29 is 9.59 Å². The smallest absolute Gasteiger partial charge is 0.255 e. The van der Waals surface area contributed by atoms with Crippen LogP contribution in [0.4, 0.5) is 11.5 Å². The third-order valence-electron chi connectivity index (χ3n) is 6.39. The maximum absolute atomic E-state index is 13.1. The molecule has 0 bridgehead atoms. The lowest BCUT2D eigenvalue weighted by Crippen LogP contribution is -2.63. The van der Waals surface area contributed by atoms with Gasteiger partial charge in [-0.25, -0.2) is 9.97 Å². The van der Waals surface area contributed by atoms with E-state index in [0.29, 0.717) is 35.7 Å². The normalized spacial score (nSPS) is 22.4. The maximum atomic E-state index is 13.1. The van der Waals surface area contributed by atoms with Gasteiger partial charge in [-0.1, -0.05) is 6.42 Å². The van der Waals surface area contributed by atoms with Crippen molar-refractivity contribution in [2.75, 3.05) is 36.4 Å². The first-order valence-electron chi connectivity index (χ1n) is 10.6. The predicted molar refractivity (Wildman–Crippen MR) is 116 cm³/mol. The van der Waals surface area contributed by atoms with Crippen molar-refractivity contribution in [2.45, 2.75) is 44.8 Å². The van der Waals surface area contributed by atoms with Gasteiger partial charge in [0, 0.05) is 36.8 Å². The first kappa shape index (κ1) is 19.4. The summed E-state index contributed by atoms with van der Waals surface area (Å²) in [5.74, 6) is 0.563. The number of thiazole rings is 1. The maximum Gasteiger partial charge on any atom is 0.255 e. The van der Waals surface area contributed by atoms with E-state index in [9.17, 15) is 9.59 Å². The Labute approximate surface area is 179 Å². The third kappa shape index (κ3) is 3.56. The second-order valence-electron chi connectivity index (χ2n) is 8.35. The fourth-order valence-electron chi connectivity index (χ4n) is 4.63. The summed E-state index contributed by atoms with van der Waals surface area (Å²) < 4.78 is 0. The zero-order valence-corrected chi connectivity index (χ0v) is 17.9. The zero-order chi connectivity index (χ0) is 20.7. The van der Waals surface area contributed by atoms with Gasteiger partial charge in [-0.15, -0.1) is 11.3 Å². The highest BCUT2D eigenvalue weighted by Gasteiger charge is 2.38. The standard InChI is InChI=1S/C21H26N6O2S/c1-14-4-2-3-5-26(14)17-10-25(11-17)21(29)15-6-18-20(22-7-15)23-8-19(28)27(18)9-16-12-30-13-24-16/h6-7,12-14,17H,2-5,8-11H2,1H3,(H,22,23). The van der Waals surface area contributed by atoms with Crippen molar-refractivity contribution in [3.63, 3.8) is 0 Å². The van der Waals surface area contributed by atoms with Gasteiger partial charge in [0.25, 0.3) is 5.91 Å². The molecule has 1 unspecified atom stereocenters. The van der Waals surface area contributed by atoms with Crippen LogP contribution in [0, 0.1) is 0 Å². The van der Waals surface area contributed by atoms with Crippen LogP contribution in [0.15, 0.2) is 23.2 Å². The summed E-state index contributed by atoms with van der Waals surface area (Å²) in [6, 6.07) is 2.85. The van der Waals surface area contributed by atoms with Crippen LogP contribution < -0.4 is 10.2 Å². The van der Waals surface area contributed by atoms with E-state index >= 15 is 0 Å². The van der Waals surface area contributed by atoms with Crippen molar-refractivity contribution in [3.8, 4) is 0 Å². The van der Waals surface area contributed by atoms with E-state index in [1.807, 2.05) is 10.3 Å². The Balaban J connectivity index is 1.31. The Morgan fingerprint density at radius 2 is 2.17 bits per heavy atom. The Bertz CT molecular complexity index is 943. The molecule has 0 aliphatic carbocycles. The van der Waals surface area contributed by atoms with Crippen molar-refractivity contribution in [1.29, 1.82) is 0 Å². The number of carbonyl (C=O) groups is 2. The van der Waals surface area contributed by atoms with Gasteiger partial charge in [0.15, 0.2) is 5.82 Å². The van der Waals surface area contributed by atoms with Gasteiger partial charge in [0.2, 0.25) is 5.91 Å². The first-order chi connectivity index (χ1) is 14.6. The lowest BCUT2D eigenvalue weighted by molar-refractivity contribution is -0.117. The number of likely N-dealkylation sites (tertiary alicyclic amines) is 2. The topological polar surface area (TPSA) is 81.7 Å². The zero-order valence-electron chi connectivity index (χ0n) is 17.1. The average Bonchev–Trinajstić information content (AvgIpc) is 3.23. The average molecular weight is 427 g/mol. The number of nitrogens with zero attached hydrogens (tertiary/aromatic N) is 5. The minimum atomic E-state index is -0.0509. The minimum absolute atomic E-state index is 0.0159. The van der Waals surface area contributed by atoms with Crippen LogP contribution in [-0.2, 0) is 11.3 Å². The molecule has 3 aliphatic heterocycles. The number of rotatable bonds is 4. The largest absolute Gasteiger partial charge is 0.359 e. The Kier molecular flexibility index (Phi) is 5.16. The molecular weight excluding hydrogens is 400 g/mol. The van der Waals surface area contributed by atoms with E-state index in [1.165, 1.54) is 30.6 Å². The number of aromatic nitrogens is 2. The highest BCUT2D eigenvalue weighted by atomic mass is 32.1. The van der Waals surface area contributed by atoms with Gasteiger partial charge >= 0.3 is 0 Å². The molecule has 5 rings (SSSR count). The van der Waals surface area contributed by atoms with Gasteiger partial charge in [-0.3, -0.25) is 14.5 Å². The van der Waals surface area contributed by atoms with Crippen molar-refractivity contribution in [1.82, 2.24) is 19.8 Å². The Morgan fingerprint density at radius 3 is 2.93 bits per heavy atom. The number of piperidine rings is 1.